The number of ether oxygens (including phenoxy) is 1. The summed E-state index contributed by atoms with van der Waals surface area (Å²) in [6.07, 6.45) is 3.02. The first-order chi connectivity index (χ1) is 16.0. The predicted octanol–water partition coefficient (Wildman–Crippen LogP) is 4.04. The molecule has 1 amide bonds. The zero-order valence-electron chi connectivity index (χ0n) is 18.5. The van der Waals surface area contributed by atoms with Crippen LogP contribution in [-0.2, 0) is 20.9 Å². The number of nitrogens with one attached hydrogen (secondary N) is 2. The summed E-state index contributed by atoms with van der Waals surface area (Å²) in [6, 6.07) is 16.4. The summed E-state index contributed by atoms with van der Waals surface area (Å²) in [7, 11) is 0. The molecule has 2 aromatic rings. The van der Waals surface area contributed by atoms with Crippen molar-refractivity contribution in [1.82, 2.24) is 5.32 Å². The number of hydrogen-bond acceptors (Lipinski definition) is 6. The highest BCUT2D eigenvalue weighted by Crippen LogP contribution is 2.26. The lowest BCUT2D eigenvalue weighted by Gasteiger charge is -2.24. The van der Waals surface area contributed by atoms with Gasteiger partial charge < -0.3 is 10.1 Å². The van der Waals surface area contributed by atoms with E-state index in [0.717, 1.165) is 11.3 Å². The number of Topliss-reactive ketones (excluding diaryl/α,β-unsaturated/α-hetero) is 1. The number of benzene rings is 2. The van der Waals surface area contributed by atoms with Gasteiger partial charge in [0.2, 0.25) is 5.91 Å². The minimum Gasteiger partial charge on any atom is -0.492 e. The SMILES string of the molecule is C=CC(=O)NCc1ccc(NN=C2C(OCC)=CC(=O)CC2CC(=O)c2ccccc2)cc1. The molecule has 0 heterocycles. The highest BCUT2D eigenvalue weighted by Gasteiger charge is 2.31. The van der Waals surface area contributed by atoms with Gasteiger partial charge in [-0.15, -0.1) is 0 Å². The lowest BCUT2D eigenvalue weighted by atomic mass is 9.85. The first kappa shape index (κ1) is 23.7. The molecule has 0 bridgehead atoms. The first-order valence-electron chi connectivity index (χ1n) is 10.8. The first-order valence-corrected chi connectivity index (χ1v) is 10.8. The number of hydrogen-bond donors (Lipinski definition) is 2. The molecule has 0 aliphatic heterocycles. The molecule has 0 aromatic heterocycles. The van der Waals surface area contributed by atoms with Gasteiger partial charge in [0.1, 0.15) is 11.5 Å². The van der Waals surface area contributed by atoms with Gasteiger partial charge in [0.15, 0.2) is 11.6 Å². The van der Waals surface area contributed by atoms with E-state index in [0.29, 0.717) is 30.2 Å². The number of hydrazone groups is 1. The topological polar surface area (TPSA) is 96.9 Å². The summed E-state index contributed by atoms with van der Waals surface area (Å²) < 4.78 is 5.67. The minimum absolute atomic E-state index is 0.0511. The summed E-state index contributed by atoms with van der Waals surface area (Å²) in [4.78, 5) is 36.4. The predicted molar refractivity (Wildman–Crippen MR) is 128 cm³/mol. The normalized spacial score (nSPS) is 16.6. The number of nitrogens with zero attached hydrogens (tertiary/aromatic N) is 1. The number of carbonyl (C=O) groups excluding carboxylic acids is 3. The van der Waals surface area contributed by atoms with E-state index in [9.17, 15) is 14.4 Å². The third-order valence-electron chi connectivity index (χ3n) is 5.12. The standard InChI is InChI=1S/C26H27N3O4/c1-3-25(32)27-17-18-10-12-21(13-11-18)28-29-26-20(14-22(30)16-24(26)33-4-2)15-23(31)19-8-6-5-7-9-19/h3,5-13,16,20,28H,1,4,14-15,17H2,2H3,(H,27,32). The quantitative estimate of drug-likeness (QED) is 0.327. The van der Waals surface area contributed by atoms with E-state index in [1.165, 1.54) is 12.2 Å². The van der Waals surface area contributed by atoms with Crippen LogP contribution in [0.15, 0.2) is 84.2 Å². The van der Waals surface area contributed by atoms with Crippen molar-refractivity contribution >= 4 is 28.9 Å². The number of allylic oxidation sites excluding steroid dienone is 2. The van der Waals surface area contributed by atoms with E-state index in [1.54, 1.807) is 12.1 Å². The van der Waals surface area contributed by atoms with Gasteiger partial charge in [-0.25, -0.2) is 0 Å². The molecule has 0 spiro atoms. The van der Waals surface area contributed by atoms with Crippen LogP contribution in [0.1, 0.15) is 35.7 Å². The molecule has 3 rings (SSSR count). The maximum absolute atomic E-state index is 12.8. The van der Waals surface area contributed by atoms with Gasteiger partial charge in [-0.05, 0) is 30.7 Å². The van der Waals surface area contributed by atoms with Crippen LogP contribution < -0.4 is 10.7 Å². The monoisotopic (exact) mass is 445 g/mol. The molecule has 0 saturated carbocycles. The third-order valence-corrected chi connectivity index (χ3v) is 5.12. The fraction of sp³-hybridized carbons (Fsp3) is 0.231. The molecular formula is C26H27N3O4. The Kier molecular flexibility index (Phi) is 8.30. The summed E-state index contributed by atoms with van der Waals surface area (Å²) in [6.45, 7) is 6.03. The fourth-order valence-electron chi connectivity index (χ4n) is 3.46. The minimum atomic E-state index is -0.391. The van der Waals surface area contributed by atoms with Gasteiger partial charge in [-0.3, -0.25) is 19.8 Å². The van der Waals surface area contributed by atoms with Gasteiger partial charge in [0.05, 0.1) is 12.3 Å². The van der Waals surface area contributed by atoms with Crippen LogP contribution in [-0.4, -0.2) is 29.8 Å². The van der Waals surface area contributed by atoms with Crippen LogP contribution in [0.2, 0.25) is 0 Å². The zero-order chi connectivity index (χ0) is 23.6. The molecule has 33 heavy (non-hydrogen) atoms. The maximum atomic E-state index is 12.8. The molecule has 0 fully saturated rings. The lowest BCUT2D eigenvalue weighted by Crippen LogP contribution is -2.29. The lowest BCUT2D eigenvalue weighted by molar-refractivity contribution is -0.117. The molecule has 1 atom stereocenters. The van der Waals surface area contributed by atoms with E-state index in [1.807, 2.05) is 49.4 Å². The Labute approximate surface area is 193 Å². The molecule has 170 valence electrons. The van der Waals surface area contributed by atoms with Gasteiger partial charge in [-0.2, -0.15) is 5.10 Å². The number of ketones is 2. The van der Waals surface area contributed by atoms with Crippen LogP contribution in [0.4, 0.5) is 5.69 Å². The second kappa shape index (κ2) is 11.6. The molecule has 2 N–H and O–H groups in total. The summed E-state index contributed by atoms with van der Waals surface area (Å²) in [5, 5.41) is 7.24. The molecular weight excluding hydrogens is 418 g/mol. The van der Waals surface area contributed by atoms with Crippen molar-refractivity contribution in [2.45, 2.75) is 26.3 Å². The summed E-state index contributed by atoms with van der Waals surface area (Å²) >= 11 is 0. The van der Waals surface area contributed by atoms with Crippen LogP contribution in [0.25, 0.3) is 0 Å². The van der Waals surface area contributed by atoms with E-state index in [2.05, 4.69) is 22.4 Å². The third kappa shape index (κ3) is 6.74. The number of rotatable bonds is 10. The summed E-state index contributed by atoms with van der Waals surface area (Å²) in [5.41, 5.74) is 5.80. The Morgan fingerprint density at radius 3 is 2.55 bits per heavy atom. The largest absolute Gasteiger partial charge is 0.492 e. The molecule has 0 radical (unpaired) electrons. The van der Waals surface area contributed by atoms with Crippen LogP contribution in [0, 0.1) is 5.92 Å². The fourth-order valence-corrected chi connectivity index (χ4v) is 3.46. The average Bonchev–Trinajstić information content (AvgIpc) is 2.83. The molecule has 1 unspecified atom stereocenters. The Morgan fingerprint density at radius 2 is 1.88 bits per heavy atom. The molecule has 2 aromatic carbocycles. The van der Waals surface area contributed by atoms with Gasteiger partial charge in [0.25, 0.3) is 0 Å². The van der Waals surface area contributed by atoms with Crippen LogP contribution >= 0.6 is 0 Å². The molecule has 1 aliphatic rings. The summed E-state index contributed by atoms with van der Waals surface area (Å²) in [5.74, 6) is -0.380. The highest BCUT2D eigenvalue weighted by atomic mass is 16.5. The smallest absolute Gasteiger partial charge is 0.243 e. The van der Waals surface area contributed by atoms with E-state index in [4.69, 9.17) is 4.74 Å². The molecule has 7 heteroatoms. The van der Waals surface area contributed by atoms with Crippen LogP contribution in [0.5, 0.6) is 0 Å². The van der Waals surface area contributed by atoms with E-state index >= 15 is 0 Å². The van der Waals surface area contributed by atoms with Gasteiger partial charge >= 0.3 is 0 Å². The highest BCUT2D eigenvalue weighted by molar-refractivity contribution is 6.13. The molecule has 7 nitrogen and oxygen atoms in total. The Hall–Kier alpha value is -4.00. The maximum Gasteiger partial charge on any atom is 0.243 e. The van der Waals surface area contributed by atoms with Gasteiger partial charge in [-0.1, -0.05) is 49.0 Å². The van der Waals surface area contributed by atoms with E-state index < -0.39 is 5.92 Å². The Balaban J connectivity index is 1.77. The van der Waals surface area contributed by atoms with Crippen molar-refractivity contribution in [2.75, 3.05) is 12.0 Å². The Morgan fingerprint density at radius 1 is 1.15 bits per heavy atom. The van der Waals surface area contributed by atoms with Crippen molar-refractivity contribution < 1.29 is 19.1 Å². The Bertz CT molecular complexity index is 1070. The van der Waals surface area contributed by atoms with E-state index in [-0.39, 0.29) is 30.3 Å². The second-order valence-electron chi connectivity index (χ2n) is 7.53. The van der Waals surface area contributed by atoms with Crippen molar-refractivity contribution in [3.05, 3.63) is 90.2 Å². The second-order valence-corrected chi connectivity index (χ2v) is 7.53. The van der Waals surface area contributed by atoms with Crippen molar-refractivity contribution in [3.63, 3.8) is 0 Å². The number of amides is 1. The average molecular weight is 446 g/mol. The number of carbonyl (C=O) groups is 3. The number of anilines is 1. The van der Waals surface area contributed by atoms with Crippen molar-refractivity contribution in [2.24, 2.45) is 11.0 Å². The molecule has 1 aliphatic carbocycles. The molecule has 0 saturated heterocycles. The zero-order valence-corrected chi connectivity index (χ0v) is 18.5. The van der Waals surface area contributed by atoms with Gasteiger partial charge in [0, 0.05) is 36.9 Å². The van der Waals surface area contributed by atoms with Crippen molar-refractivity contribution in [1.29, 1.82) is 0 Å². The van der Waals surface area contributed by atoms with Crippen LogP contribution in [0.3, 0.4) is 0 Å². The van der Waals surface area contributed by atoms with Crippen molar-refractivity contribution in [3.8, 4) is 0 Å².